The predicted octanol–water partition coefficient (Wildman–Crippen LogP) is 1.76. The summed E-state index contributed by atoms with van der Waals surface area (Å²) in [4.78, 5) is 18.4. The molecule has 1 amide bonds. The molecule has 1 fully saturated rings. The minimum absolute atomic E-state index is 0. The van der Waals surface area contributed by atoms with Gasteiger partial charge in [-0.05, 0) is 18.2 Å². The van der Waals surface area contributed by atoms with Crippen molar-refractivity contribution in [1.82, 2.24) is 15.2 Å². The Morgan fingerprint density at radius 1 is 1.33 bits per heavy atom. The molecule has 3 rings (SSSR count). The molecule has 18 heavy (non-hydrogen) atoms. The minimum atomic E-state index is 0. The van der Waals surface area contributed by atoms with Gasteiger partial charge in [-0.3, -0.25) is 4.79 Å². The lowest BCUT2D eigenvalue weighted by Gasteiger charge is -2.27. The van der Waals surface area contributed by atoms with Gasteiger partial charge in [0.15, 0.2) is 0 Å². The largest absolute Gasteiger partial charge is 0.336 e. The summed E-state index contributed by atoms with van der Waals surface area (Å²) in [5, 5.41) is 3.24. The molecule has 1 aliphatic rings. The summed E-state index contributed by atoms with van der Waals surface area (Å²) in [6.07, 6.45) is 0. The van der Waals surface area contributed by atoms with Crippen LogP contribution in [0.4, 0.5) is 0 Å². The van der Waals surface area contributed by atoms with Crippen molar-refractivity contribution >= 4 is 39.9 Å². The van der Waals surface area contributed by atoms with E-state index in [1.165, 1.54) is 0 Å². The van der Waals surface area contributed by atoms with Gasteiger partial charge in [0.1, 0.15) is 0 Å². The molecule has 1 aliphatic heterocycles. The van der Waals surface area contributed by atoms with Crippen molar-refractivity contribution in [3.63, 3.8) is 0 Å². The number of rotatable bonds is 1. The SMILES string of the molecule is Cl.O=C(c1ccc2ncsc2c1)N1CCNCC1. The maximum Gasteiger partial charge on any atom is 0.253 e. The Morgan fingerprint density at radius 2 is 2.11 bits per heavy atom. The van der Waals surface area contributed by atoms with E-state index in [1.807, 2.05) is 28.6 Å². The van der Waals surface area contributed by atoms with Crippen LogP contribution in [0, 0.1) is 0 Å². The number of nitrogens with zero attached hydrogens (tertiary/aromatic N) is 2. The Labute approximate surface area is 115 Å². The highest BCUT2D eigenvalue weighted by atomic mass is 35.5. The van der Waals surface area contributed by atoms with Crippen LogP contribution in [-0.4, -0.2) is 42.0 Å². The second-order valence-electron chi connectivity index (χ2n) is 4.08. The summed E-state index contributed by atoms with van der Waals surface area (Å²) in [5.41, 5.74) is 3.54. The van der Waals surface area contributed by atoms with Gasteiger partial charge < -0.3 is 10.2 Å². The maximum absolute atomic E-state index is 12.2. The van der Waals surface area contributed by atoms with Gasteiger partial charge in [0.05, 0.1) is 15.7 Å². The highest BCUT2D eigenvalue weighted by Crippen LogP contribution is 2.20. The lowest BCUT2D eigenvalue weighted by Crippen LogP contribution is -2.46. The molecule has 0 saturated carbocycles. The van der Waals surface area contributed by atoms with Crippen LogP contribution in [0.1, 0.15) is 10.4 Å². The zero-order valence-electron chi connectivity index (χ0n) is 9.76. The first-order valence-corrected chi connectivity index (χ1v) is 6.56. The zero-order valence-corrected chi connectivity index (χ0v) is 11.4. The van der Waals surface area contributed by atoms with E-state index in [4.69, 9.17) is 0 Å². The molecule has 2 heterocycles. The summed E-state index contributed by atoms with van der Waals surface area (Å²) in [6.45, 7) is 3.35. The van der Waals surface area contributed by atoms with Crippen LogP contribution in [0.3, 0.4) is 0 Å². The Balaban J connectivity index is 0.00000120. The summed E-state index contributed by atoms with van der Waals surface area (Å²) in [6, 6.07) is 5.73. The average Bonchev–Trinajstić information content (AvgIpc) is 2.86. The number of thiazole rings is 1. The average molecular weight is 284 g/mol. The predicted molar refractivity (Wildman–Crippen MR) is 75.6 cm³/mol. The molecular formula is C12H14ClN3OS. The first kappa shape index (κ1) is 13.3. The lowest BCUT2D eigenvalue weighted by molar-refractivity contribution is 0.0736. The fourth-order valence-electron chi connectivity index (χ4n) is 2.04. The first-order valence-electron chi connectivity index (χ1n) is 5.68. The molecule has 4 nitrogen and oxygen atoms in total. The van der Waals surface area contributed by atoms with E-state index in [1.54, 1.807) is 11.3 Å². The van der Waals surface area contributed by atoms with Gasteiger partial charge in [-0.15, -0.1) is 23.7 Å². The smallest absolute Gasteiger partial charge is 0.253 e. The second kappa shape index (κ2) is 5.65. The number of aromatic nitrogens is 1. The number of carbonyl (C=O) groups excluding carboxylic acids is 1. The standard InChI is InChI=1S/C12H13N3OS.ClH/c16-12(15-5-3-13-4-6-15)9-1-2-10-11(7-9)17-8-14-10;/h1-2,7-8,13H,3-6H2;1H. The molecule has 1 aromatic carbocycles. The third-order valence-electron chi connectivity index (χ3n) is 2.98. The third kappa shape index (κ3) is 2.48. The van der Waals surface area contributed by atoms with Gasteiger partial charge in [0, 0.05) is 31.7 Å². The summed E-state index contributed by atoms with van der Waals surface area (Å²) in [7, 11) is 0. The molecule has 0 unspecified atom stereocenters. The van der Waals surface area contributed by atoms with Crippen LogP contribution >= 0.6 is 23.7 Å². The molecule has 0 spiro atoms. The monoisotopic (exact) mass is 283 g/mol. The number of halogens is 1. The molecule has 0 radical (unpaired) electrons. The number of fused-ring (bicyclic) bond motifs is 1. The molecule has 1 saturated heterocycles. The van der Waals surface area contributed by atoms with E-state index in [2.05, 4.69) is 10.3 Å². The van der Waals surface area contributed by atoms with Crippen LogP contribution in [0.5, 0.6) is 0 Å². The first-order chi connectivity index (χ1) is 8.34. The van der Waals surface area contributed by atoms with E-state index >= 15 is 0 Å². The van der Waals surface area contributed by atoms with Gasteiger partial charge in [-0.2, -0.15) is 0 Å². The fourth-order valence-corrected chi connectivity index (χ4v) is 2.75. The van der Waals surface area contributed by atoms with E-state index in [0.717, 1.165) is 42.0 Å². The van der Waals surface area contributed by atoms with Crippen molar-refractivity contribution in [3.05, 3.63) is 29.3 Å². The van der Waals surface area contributed by atoms with Crippen molar-refractivity contribution in [2.45, 2.75) is 0 Å². The third-order valence-corrected chi connectivity index (χ3v) is 3.77. The van der Waals surface area contributed by atoms with Crippen LogP contribution in [0.2, 0.25) is 0 Å². The molecule has 6 heteroatoms. The number of hydrogen-bond acceptors (Lipinski definition) is 4. The number of amides is 1. The molecule has 0 atom stereocenters. The minimum Gasteiger partial charge on any atom is -0.336 e. The molecule has 96 valence electrons. The topological polar surface area (TPSA) is 45.2 Å². The van der Waals surface area contributed by atoms with Gasteiger partial charge >= 0.3 is 0 Å². The molecule has 1 aromatic heterocycles. The van der Waals surface area contributed by atoms with Crippen molar-refractivity contribution in [2.24, 2.45) is 0 Å². The number of benzene rings is 1. The summed E-state index contributed by atoms with van der Waals surface area (Å²) < 4.78 is 1.07. The van der Waals surface area contributed by atoms with Crippen molar-refractivity contribution in [2.75, 3.05) is 26.2 Å². The summed E-state index contributed by atoms with van der Waals surface area (Å²) >= 11 is 1.57. The highest BCUT2D eigenvalue weighted by Gasteiger charge is 2.18. The van der Waals surface area contributed by atoms with Crippen LogP contribution in [0.25, 0.3) is 10.2 Å². The Kier molecular flexibility index (Phi) is 4.16. The van der Waals surface area contributed by atoms with Crippen molar-refractivity contribution in [3.8, 4) is 0 Å². The Bertz CT molecular complexity index is 551. The van der Waals surface area contributed by atoms with Crippen LogP contribution < -0.4 is 5.32 Å². The van der Waals surface area contributed by atoms with Crippen LogP contribution in [0.15, 0.2) is 23.7 Å². The number of carbonyl (C=O) groups is 1. The van der Waals surface area contributed by atoms with Crippen molar-refractivity contribution < 1.29 is 4.79 Å². The summed E-state index contributed by atoms with van der Waals surface area (Å²) in [5.74, 6) is 0.127. The zero-order chi connectivity index (χ0) is 11.7. The van der Waals surface area contributed by atoms with E-state index in [0.29, 0.717) is 0 Å². The van der Waals surface area contributed by atoms with Gasteiger partial charge in [0.25, 0.3) is 5.91 Å². The second-order valence-corrected chi connectivity index (χ2v) is 4.96. The molecule has 1 N–H and O–H groups in total. The molecule has 2 aromatic rings. The Morgan fingerprint density at radius 3 is 2.89 bits per heavy atom. The quantitative estimate of drug-likeness (QED) is 0.867. The molecule has 0 aliphatic carbocycles. The normalized spacial score (nSPS) is 15.4. The van der Waals surface area contributed by atoms with Crippen molar-refractivity contribution in [1.29, 1.82) is 0 Å². The van der Waals surface area contributed by atoms with Gasteiger partial charge in [0.2, 0.25) is 0 Å². The highest BCUT2D eigenvalue weighted by molar-refractivity contribution is 7.16. The molecular weight excluding hydrogens is 270 g/mol. The Hall–Kier alpha value is -1.17. The maximum atomic E-state index is 12.2. The molecule has 0 bridgehead atoms. The number of piperazine rings is 1. The lowest BCUT2D eigenvalue weighted by atomic mass is 10.2. The number of nitrogens with one attached hydrogen (secondary N) is 1. The number of hydrogen-bond donors (Lipinski definition) is 1. The van der Waals surface area contributed by atoms with Gasteiger partial charge in [-0.1, -0.05) is 0 Å². The van der Waals surface area contributed by atoms with Crippen LogP contribution in [-0.2, 0) is 0 Å². The van der Waals surface area contributed by atoms with E-state index in [-0.39, 0.29) is 18.3 Å². The van der Waals surface area contributed by atoms with E-state index in [9.17, 15) is 4.79 Å². The van der Waals surface area contributed by atoms with E-state index < -0.39 is 0 Å². The fraction of sp³-hybridized carbons (Fsp3) is 0.333. The van der Waals surface area contributed by atoms with Gasteiger partial charge in [-0.25, -0.2) is 4.98 Å².